The zero-order chi connectivity index (χ0) is 14.4. The number of rotatable bonds is 2. The first-order valence-electron chi connectivity index (χ1n) is 8.36. The Morgan fingerprint density at radius 2 is 2.10 bits per heavy atom. The lowest BCUT2D eigenvalue weighted by atomic mass is 9.87. The minimum absolute atomic E-state index is 0.230. The predicted molar refractivity (Wildman–Crippen MR) is 82.9 cm³/mol. The molecule has 1 amide bonds. The summed E-state index contributed by atoms with van der Waals surface area (Å²) in [6.07, 6.45) is 5.75. The lowest BCUT2D eigenvalue weighted by molar-refractivity contribution is -0.137. The van der Waals surface area contributed by atoms with Crippen molar-refractivity contribution < 1.29 is 4.79 Å². The summed E-state index contributed by atoms with van der Waals surface area (Å²) in [5.74, 6) is 0.633. The van der Waals surface area contributed by atoms with E-state index in [4.69, 9.17) is 0 Å². The molecule has 0 aliphatic carbocycles. The van der Waals surface area contributed by atoms with Crippen LogP contribution in [-0.2, 0) is 4.79 Å². The van der Waals surface area contributed by atoms with E-state index in [-0.39, 0.29) is 5.92 Å². The Morgan fingerprint density at radius 1 is 1.24 bits per heavy atom. The first-order valence-corrected chi connectivity index (χ1v) is 8.36. The lowest BCUT2D eigenvalue weighted by Crippen LogP contribution is -2.40. The monoisotopic (exact) mass is 284 g/mol. The molecule has 112 valence electrons. The third-order valence-electron chi connectivity index (χ3n) is 5.70. The number of nitrogens with zero attached hydrogens (tertiary/aromatic N) is 1. The molecule has 1 aromatic carbocycles. The summed E-state index contributed by atoms with van der Waals surface area (Å²) in [5, 5.41) is 3.60. The van der Waals surface area contributed by atoms with Gasteiger partial charge in [-0.25, -0.2) is 0 Å². The van der Waals surface area contributed by atoms with E-state index in [0.717, 1.165) is 25.8 Å². The lowest BCUT2D eigenvalue weighted by Gasteiger charge is -2.31. The fourth-order valence-electron chi connectivity index (χ4n) is 4.62. The highest BCUT2D eigenvalue weighted by Gasteiger charge is 2.46. The van der Waals surface area contributed by atoms with Crippen LogP contribution in [-0.4, -0.2) is 29.4 Å². The van der Waals surface area contributed by atoms with Crippen molar-refractivity contribution in [2.45, 2.75) is 57.2 Å². The number of benzene rings is 1. The molecule has 3 nitrogen and oxygen atoms in total. The van der Waals surface area contributed by atoms with Gasteiger partial charge in [0.05, 0.1) is 12.0 Å². The molecule has 3 saturated heterocycles. The van der Waals surface area contributed by atoms with Gasteiger partial charge in [-0.15, -0.1) is 0 Å². The number of hydrogen-bond donors (Lipinski definition) is 1. The summed E-state index contributed by atoms with van der Waals surface area (Å²) in [6.45, 7) is 3.10. The predicted octanol–water partition coefficient (Wildman–Crippen LogP) is 2.80. The van der Waals surface area contributed by atoms with Crippen LogP contribution in [0.1, 0.15) is 49.3 Å². The van der Waals surface area contributed by atoms with Crippen molar-refractivity contribution in [1.29, 1.82) is 0 Å². The first-order chi connectivity index (χ1) is 10.2. The molecule has 2 bridgehead atoms. The van der Waals surface area contributed by atoms with E-state index in [9.17, 15) is 4.79 Å². The Labute approximate surface area is 126 Å². The quantitative estimate of drug-likeness (QED) is 0.905. The van der Waals surface area contributed by atoms with E-state index in [2.05, 4.69) is 41.4 Å². The summed E-state index contributed by atoms with van der Waals surface area (Å²) in [4.78, 5) is 15.2. The minimum Gasteiger partial charge on any atom is -0.335 e. The van der Waals surface area contributed by atoms with Gasteiger partial charge in [0.15, 0.2) is 0 Å². The fourth-order valence-corrected chi connectivity index (χ4v) is 4.62. The van der Waals surface area contributed by atoms with E-state index in [1.807, 2.05) is 0 Å². The summed E-state index contributed by atoms with van der Waals surface area (Å²) >= 11 is 0. The number of amides is 1. The maximum Gasteiger partial charge on any atom is 0.227 e. The maximum atomic E-state index is 13.0. The molecule has 0 saturated carbocycles. The van der Waals surface area contributed by atoms with Crippen molar-refractivity contribution in [3.63, 3.8) is 0 Å². The molecule has 4 rings (SSSR count). The van der Waals surface area contributed by atoms with Gasteiger partial charge in [0.1, 0.15) is 0 Å². The molecule has 0 radical (unpaired) electrons. The highest BCUT2D eigenvalue weighted by molar-refractivity contribution is 5.81. The standard InChI is InChI=1S/C18H24N2O/c1-12-5-2-3-6-14(12)17-7-4-10-20(17)18(21)15-11-13-8-9-16(15)19-13/h2-3,5-6,13,15-17,19H,4,7-11H2,1H3. The molecule has 3 aliphatic rings. The van der Waals surface area contributed by atoms with Crippen LogP contribution in [0.5, 0.6) is 0 Å². The van der Waals surface area contributed by atoms with Gasteiger partial charge in [0.2, 0.25) is 5.91 Å². The zero-order valence-electron chi connectivity index (χ0n) is 12.7. The van der Waals surface area contributed by atoms with Crippen LogP contribution in [0.2, 0.25) is 0 Å². The normalized spacial score (nSPS) is 34.6. The number of likely N-dealkylation sites (tertiary alicyclic amines) is 1. The molecule has 3 heteroatoms. The number of aryl methyl sites for hydroxylation is 1. The van der Waals surface area contributed by atoms with Gasteiger partial charge in [-0.2, -0.15) is 0 Å². The molecule has 1 N–H and O–H groups in total. The van der Waals surface area contributed by atoms with Crippen LogP contribution in [0, 0.1) is 12.8 Å². The Bertz CT molecular complexity index is 556. The summed E-state index contributed by atoms with van der Waals surface area (Å²) in [7, 11) is 0. The number of fused-ring (bicyclic) bond motifs is 2. The first kappa shape index (κ1) is 13.3. The molecular formula is C18H24N2O. The van der Waals surface area contributed by atoms with E-state index >= 15 is 0 Å². The van der Waals surface area contributed by atoms with Gasteiger partial charge < -0.3 is 10.2 Å². The smallest absolute Gasteiger partial charge is 0.227 e. The second-order valence-electron chi connectivity index (χ2n) is 6.94. The van der Waals surface area contributed by atoms with Crippen molar-refractivity contribution in [3.8, 4) is 0 Å². The number of carbonyl (C=O) groups is 1. The van der Waals surface area contributed by atoms with Crippen molar-refractivity contribution in [2.75, 3.05) is 6.54 Å². The molecule has 0 aromatic heterocycles. The fraction of sp³-hybridized carbons (Fsp3) is 0.611. The van der Waals surface area contributed by atoms with E-state index in [1.54, 1.807) is 0 Å². The van der Waals surface area contributed by atoms with E-state index in [0.29, 0.717) is 24.0 Å². The Kier molecular flexibility index (Phi) is 3.26. The maximum absolute atomic E-state index is 13.0. The summed E-state index contributed by atoms with van der Waals surface area (Å²) in [5.41, 5.74) is 2.66. The van der Waals surface area contributed by atoms with Gasteiger partial charge in [-0.1, -0.05) is 24.3 Å². The van der Waals surface area contributed by atoms with Gasteiger partial charge in [-0.3, -0.25) is 4.79 Å². The van der Waals surface area contributed by atoms with Crippen molar-refractivity contribution in [1.82, 2.24) is 10.2 Å². The highest BCUT2D eigenvalue weighted by atomic mass is 16.2. The Balaban J connectivity index is 1.56. The number of hydrogen-bond acceptors (Lipinski definition) is 2. The average Bonchev–Trinajstić information content (AvgIpc) is 3.23. The van der Waals surface area contributed by atoms with Crippen LogP contribution in [0.25, 0.3) is 0 Å². The number of nitrogens with one attached hydrogen (secondary N) is 1. The number of carbonyl (C=O) groups excluding carboxylic acids is 1. The summed E-state index contributed by atoms with van der Waals surface area (Å²) in [6, 6.07) is 9.89. The molecule has 3 aliphatic heterocycles. The molecule has 3 heterocycles. The SMILES string of the molecule is Cc1ccccc1C1CCCN1C(=O)C1CC2CCC1N2. The van der Waals surface area contributed by atoms with Crippen molar-refractivity contribution in [3.05, 3.63) is 35.4 Å². The van der Waals surface area contributed by atoms with Crippen LogP contribution in [0.3, 0.4) is 0 Å². The summed E-state index contributed by atoms with van der Waals surface area (Å²) < 4.78 is 0. The Morgan fingerprint density at radius 3 is 2.81 bits per heavy atom. The second-order valence-corrected chi connectivity index (χ2v) is 6.94. The second kappa shape index (κ2) is 5.13. The van der Waals surface area contributed by atoms with E-state index < -0.39 is 0 Å². The van der Waals surface area contributed by atoms with E-state index in [1.165, 1.54) is 24.0 Å². The van der Waals surface area contributed by atoms with Crippen LogP contribution >= 0.6 is 0 Å². The van der Waals surface area contributed by atoms with Gasteiger partial charge in [0.25, 0.3) is 0 Å². The largest absolute Gasteiger partial charge is 0.335 e. The topological polar surface area (TPSA) is 32.3 Å². The molecule has 1 aromatic rings. The van der Waals surface area contributed by atoms with Gasteiger partial charge in [-0.05, 0) is 50.2 Å². The average molecular weight is 284 g/mol. The molecule has 21 heavy (non-hydrogen) atoms. The van der Waals surface area contributed by atoms with Crippen LogP contribution < -0.4 is 5.32 Å². The van der Waals surface area contributed by atoms with Gasteiger partial charge >= 0.3 is 0 Å². The molecule has 4 atom stereocenters. The molecule has 0 spiro atoms. The van der Waals surface area contributed by atoms with Crippen LogP contribution in [0.4, 0.5) is 0 Å². The zero-order valence-corrected chi connectivity index (χ0v) is 12.7. The van der Waals surface area contributed by atoms with Gasteiger partial charge in [0, 0.05) is 18.6 Å². The Hall–Kier alpha value is -1.35. The molecule has 3 fully saturated rings. The van der Waals surface area contributed by atoms with Crippen molar-refractivity contribution >= 4 is 5.91 Å². The molecular weight excluding hydrogens is 260 g/mol. The van der Waals surface area contributed by atoms with Crippen LogP contribution in [0.15, 0.2) is 24.3 Å². The highest BCUT2D eigenvalue weighted by Crippen LogP contribution is 2.39. The third kappa shape index (κ3) is 2.18. The van der Waals surface area contributed by atoms with Crippen molar-refractivity contribution in [2.24, 2.45) is 5.92 Å². The minimum atomic E-state index is 0.230. The molecule has 4 unspecified atom stereocenters. The third-order valence-corrected chi connectivity index (χ3v) is 5.70.